The third-order valence-electron chi connectivity index (χ3n) is 14.2. The maximum atomic E-state index is 13.0. The van der Waals surface area contributed by atoms with Crippen LogP contribution in [0.15, 0.2) is 0 Å². The van der Waals surface area contributed by atoms with Crippen LogP contribution in [0.4, 0.5) is 0 Å². The van der Waals surface area contributed by atoms with Crippen LogP contribution in [-0.2, 0) is 9.59 Å². The lowest BCUT2D eigenvalue weighted by molar-refractivity contribution is -0.128. The highest BCUT2D eigenvalue weighted by molar-refractivity contribution is 5.81. The SMILES string of the molecule is CCCCCCCC(C)CCC.CCCCCCCCC(CCCCCCCC)C1CC(C(=O)CCCCCCCN(CCC)CCCCCCCC(=O)C(C)CC)C1. The molecule has 1 aliphatic carbocycles. The zero-order valence-corrected chi connectivity index (χ0v) is 42.1. The highest BCUT2D eigenvalue weighted by Gasteiger charge is 2.37. The van der Waals surface area contributed by atoms with E-state index in [1.54, 1.807) is 0 Å². The average Bonchev–Trinajstić information content (AvgIpc) is 3.21. The lowest BCUT2D eigenvalue weighted by Crippen LogP contribution is -2.35. The number of hydrogen-bond acceptors (Lipinski definition) is 3. The first kappa shape index (κ1) is 58.3. The second kappa shape index (κ2) is 43.9. The van der Waals surface area contributed by atoms with Crippen molar-refractivity contribution in [2.24, 2.45) is 29.6 Å². The fourth-order valence-electron chi connectivity index (χ4n) is 9.69. The van der Waals surface area contributed by atoms with Crippen molar-refractivity contribution in [2.75, 3.05) is 19.6 Å². The third kappa shape index (κ3) is 35.5. The van der Waals surface area contributed by atoms with Crippen LogP contribution in [0.5, 0.6) is 0 Å². The summed E-state index contributed by atoms with van der Waals surface area (Å²) < 4.78 is 0. The molecule has 2 atom stereocenters. The summed E-state index contributed by atoms with van der Waals surface area (Å²) >= 11 is 0. The van der Waals surface area contributed by atoms with Gasteiger partial charge in [0.25, 0.3) is 0 Å². The molecule has 0 aliphatic heterocycles. The molecule has 0 spiro atoms. The zero-order valence-electron chi connectivity index (χ0n) is 42.1. The van der Waals surface area contributed by atoms with E-state index in [9.17, 15) is 9.59 Å². The van der Waals surface area contributed by atoms with Crippen LogP contribution in [0.25, 0.3) is 0 Å². The number of rotatable bonds is 44. The van der Waals surface area contributed by atoms with Crippen LogP contribution in [0, 0.1) is 29.6 Å². The van der Waals surface area contributed by atoms with E-state index in [0.29, 0.717) is 17.5 Å². The molecule has 352 valence electrons. The van der Waals surface area contributed by atoms with Gasteiger partial charge in [-0.3, -0.25) is 9.59 Å². The first-order valence-corrected chi connectivity index (χ1v) is 27.5. The number of carbonyl (C=O) groups is 2. The summed E-state index contributed by atoms with van der Waals surface area (Å²) in [6.45, 7) is 21.7. The third-order valence-corrected chi connectivity index (χ3v) is 14.2. The summed E-state index contributed by atoms with van der Waals surface area (Å²) in [7, 11) is 0. The molecule has 0 amide bonds. The van der Waals surface area contributed by atoms with E-state index in [1.165, 1.54) is 232 Å². The van der Waals surface area contributed by atoms with E-state index in [1.807, 2.05) is 0 Å². The van der Waals surface area contributed by atoms with Gasteiger partial charge < -0.3 is 4.90 Å². The Morgan fingerprint density at radius 3 is 1.32 bits per heavy atom. The Balaban J connectivity index is 0.00000241. The largest absolute Gasteiger partial charge is 0.303 e. The Morgan fingerprint density at radius 2 is 0.864 bits per heavy atom. The minimum atomic E-state index is 0.248. The summed E-state index contributed by atoms with van der Waals surface area (Å²) in [4.78, 5) is 27.7. The summed E-state index contributed by atoms with van der Waals surface area (Å²) in [6, 6.07) is 0. The van der Waals surface area contributed by atoms with E-state index in [0.717, 1.165) is 49.9 Å². The molecule has 59 heavy (non-hydrogen) atoms. The van der Waals surface area contributed by atoms with Crippen LogP contribution in [0.2, 0.25) is 0 Å². The van der Waals surface area contributed by atoms with Crippen molar-refractivity contribution in [3.8, 4) is 0 Å². The van der Waals surface area contributed by atoms with Crippen molar-refractivity contribution >= 4 is 11.6 Å². The van der Waals surface area contributed by atoms with Crippen molar-refractivity contribution in [2.45, 2.75) is 299 Å². The van der Waals surface area contributed by atoms with E-state index in [4.69, 9.17) is 0 Å². The molecule has 2 unspecified atom stereocenters. The van der Waals surface area contributed by atoms with Crippen molar-refractivity contribution in [3.63, 3.8) is 0 Å². The fraction of sp³-hybridized carbons (Fsp3) is 0.964. The van der Waals surface area contributed by atoms with Gasteiger partial charge in [0.15, 0.2) is 0 Å². The molecular weight excluding hydrogens is 719 g/mol. The van der Waals surface area contributed by atoms with Crippen LogP contribution in [0.3, 0.4) is 0 Å². The molecule has 0 bridgehead atoms. The lowest BCUT2D eigenvalue weighted by atomic mass is 9.64. The van der Waals surface area contributed by atoms with Gasteiger partial charge in [-0.15, -0.1) is 0 Å². The molecule has 3 heteroatoms. The summed E-state index contributed by atoms with van der Waals surface area (Å²) in [5, 5.41) is 0. The Kier molecular flexibility index (Phi) is 43.4. The molecule has 1 saturated carbocycles. The summed E-state index contributed by atoms with van der Waals surface area (Å²) in [5.74, 6) is 4.39. The number of unbranched alkanes of at least 4 members (excludes halogenated alkanes) is 22. The van der Waals surface area contributed by atoms with Gasteiger partial charge in [0, 0.05) is 24.7 Å². The van der Waals surface area contributed by atoms with Gasteiger partial charge in [-0.25, -0.2) is 0 Å². The predicted molar refractivity (Wildman–Crippen MR) is 265 cm³/mol. The monoisotopic (exact) mass is 830 g/mol. The second-order valence-electron chi connectivity index (χ2n) is 20.0. The molecule has 0 radical (unpaired) electrons. The molecule has 0 aromatic heterocycles. The van der Waals surface area contributed by atoms with E-state index >= 15 is 0 Å². The molecule has 0 N–H and O–H groups in total. The van der Waals surface area contributed by atoms with Crippen LogP contribution < -0.4 is 0 Å². The first-order valence-electron chi connectivity index (χ1n) is 27.5. The molecule has 0 aromatic rings. The molecule has 1 rings (SSSR count). The molecular formula is C56H111NO2. The Bertz CT molecular complexity index is 863. The summed E-state index contributed by atoms with van der Waals surface area (Å²) in [6.07, 6.45) is 49.7. The second-order valence-corrected chi connectivity index (χ2v) is 20.0. The fourth-order valence-corrected chi connectivity index (χ4v) is 9.69. The molecule has 1 fully saturated rings. The van der Waals surface area contributed by atoms with Gasteiger partial charge in [-0.05, 0) is 88.8 Å². The predicted octanol–water partition coefficient (Wildman–Crippen LogP) is 18.5. The van der Waals surface area contributed by atoms with Gasteiger partial charge in [0.1, 0.15) is 11.6 Å². The smallest absolute Gasteiger partial charge is 0.135 e. The number of Topliss-reactive ketones (excluding diaryl/α,β-unsaturated/α-hetero) is 2. The summed E-state index contributed by atoms with van der Waals surface area (Å²) in [5.41, 5.74) is 0. The number of nitrogens with zero attached hydrogens (tertiary/aromatic N) is 1. The van der Waals surface area contributed by atoms with Gasteiger partial charge in [0.05, 0.1) is 0 Å². The Hall–Kier alpha value is -0.700. The Morgan fingerprint density at radius 1 is 0.441 bits per heavy atom. The zero-order chi connectivity index (χ0) is 43.6. The number of ketones is 2. The minimum absolute atomic E-state index is 0.248. The quantitative estimate of drug-likeness (QED) is 0.0574. The Labute approximate surface area is 373 Å². The van der Waals surface area contributed by atoms with Crippen LogP contribution in [0.1, 0.15) is 299 Å². The lowest BCUT2D eigenvalue weighted by Gasteiger charge is -2.40. The number of hydrogen-bond donors (Lipinski definition) is 0. The maximum absolute atomic E-state index is 13.0. The van der Waals surface area contributed by atoms with Gasteiger partial charge in [-0.2, -0.15) is 0 Å². The molecule has 0 heterocycles. The normalized spacial score (nSPS) is 16.2. The number of carbonyl (C=O) groups excluding carboxylic acids is 2. The minimum Gasteiger partial charge on any atom is -0.303 e. The van der Waals surface area contributed by atoms with Crippen molar-refractivity contribution < 1.29 is 9.59 Å². The molecule has 0 saturated heterocycles. The molecule has 3 nitrogen and oxygen atoms in total. The van der Waals surface area contributed by atoms with E-state index in [-0.39, 0.29) is 5.92 Å². The maximum Gasteiger partial charge on any atom is 0.135 e. The van der Waals surface area contributed by atoms with E-state index in [2.05, 4.69) is 60.3 Å². The highest BCUT2D eigenvalue weighted by atomic mass is 16.1. The first-order chi connectivity index (χ1) is 28.8. The highest BCUT2D eigenvalue weighted by Crippen LogP contribution is 2.44. The average molecular weight is 831 g/mol. The molecule has 1 aliphatic rings. The standard InChI is InChI=1S/C44H85NO2.C12H26/c1-6-10-12-14-18-24-30-40(31-25-19-15-13-11-7-2)41-37-42(38-41)44(47)33-27-21-17-23-29-36-45(34-8-3)35-28-22-16-20-26-32-43(46)39(5)9-4;1-4-6-7-8-9-11-12(3)10-5-2/h39-42H,6-38H2,1-5H3;12H,4-11H2,1-3H3. The van der Waals surface area contributed by atoms with Crippen LogP contribution >= 0.6 is 0 Å². The molecule has 0 aromatic carbocycles. The topological polar surface area (TPSA) is 37.4 Å². The van der Waals surface area contributed by atoms with Crippen LogP contribution in [-0.4, -0.2) is 36.1 Å². The van der Waals surface area contributed by atoms with Crippen molar-refractivity contribution in [1.29, 1.82) is 0 Å². The van der Waals surface area contributed by atoms with Crippen molar-refractivity contribution in [1.82, 2.24) is 4.90 Å². The van der Waals surface area contributed by atoms with E-state index < -0.39 is 0 Å². The van der Waals surface area contributed by atoms with Gasteiger partial charge in [-0.1, -0.05) is 235 Å². The van der Waals surface area contributed by atoms with Gasteiger partial charge in [0.2, 0.25) is 0 Å². The van der Waals surface area contributed by atoms with Crippen molar-refractivity contribution in [3.05, 3.63) is 0 Å². The van der Waals surface area contributed by atoms with Gasteiger partial charge >= 0.3 is 0 Å².